The average Bonchev–Trinajstić information content (AvgIpc) is 2.57. The number of nitrogens with zero attached hydrogens (tertiary/aromatic N) is 1. The molecule has 122 valence electrons. The number of hydrogen-bond acceptors (Lipinski definition) is 3. The molecule has 2 rings (SSSR count). The Kier molecular flexibility index (Phi) is 6.69. The van der Waals surface area contributed by atoms with Crippen molar-refractivity contribution >= 4 is 23.1 Å². The quantitative estimate of drug-likeness (QED) is 0.406. The molecule has 4 heteroatoms. The molecule has 0 bridgehead atoms. The van der Waals surface area contributed by atoms with Crippen molar-refractivity contribution in [2.24, 2.45) is 4.99 Å². The third kappa shape index (κ3) is 5.31. The summed E-state index contributed by atoms with van der Waals surface area (Å²) in [5, 5.41) is 2.15. The maximum atomic E-state index is 13.7. The highest BCUT2D eigenvalue weighted by atomic mass is 32.1. The number of ether oxygens (including phenoxy) is 1. The monoisotopic (exact) mass is 339 g/mol. The fourth-order valence-corrected chi connectivity index (χ4v) is 2.28. The summed E-state index contributed by atoms with van der Waals surface area (Å²) < 4.78 is 19.5. The standard InChI is InChI=1S/C20H18FNOS/c1-3-4-15(2)23-18-10-7-16(8-11-18)5-6-17-9-12-20(22-14-24)19(21)13-17/h7-13,15H,3-4H2,1-2H3. The molecule has 0 heterocycles. The Hall–Kier alpha value is -2.47. The van der Waals surface area contributed by atoms with Crippen molar-refractivity contribution in [3.05, 3.63) is 59.4 Å². The largest absolute Gasteiger partial charge is 0.491 e. The van der Waals surface area contributed by atoms with Crippen LogP contribution in [0.3, 0.4) is 0 Å². The highest BCUT2D eigenvalue weighted by Gasteiger charge is 2.02. The van der Waals surface area contributed by atoms with Crippen LogP contribution in [-0.2, 0) is 0 Å². The predicted octanol–water partition coefficient (Wildman–Crippen LogP) is 5.53. The molecular formula is C20H18FNOS. The van der Waals surface area contributed by atoms with Crippen molar-refractivity contribution in [2.75, 3.05) is 0 Å². The van der Waals surface area contributed by atoms with E-state index in [9.17, 15) is 4.39 Å². The van der Waals surface area contributed by atoms with Crippen molar-refractivity contribution in [1.82, 2.24) is 0 Å². The molecule has 1 unspecified atom stereocenters. The van der Waals surface area contributed by atoms with Crippen molar-refractivity contribution in [3.63, 3.8) is 0 Å². The van der Waals surface area contributed by atoms with Crippen LogP contribution in [0.1, 0.15) is 37.8 Å². The lowest BCUT2D eigenvalue weighted by atomic mass is 10.1. The number of thiocarbonyl (C=S) groups is 1. The second-order valence-corrected chi connectivity index (χ2v) is 5.54. The summed E-state index contributed by atoms with van der Waals surface area (Å²) in [6.45, 7) is 4.19. The number of isothiocyanates is 1. The molecule has 0 aliphatic rings. The Bertz CT molecular complexity index is 799. The normalized spacial score (nSPS) is 11.0. The van der Waals surface area contributed by atoms with E-state index in [0.717, 1.165) is 24.2 Å². The minimum Gasteiger partial charge on any atom is -0.491 e. The topological polar surface area (TPSA) is 21.6 Å². The summed E-state index contributed by atoms with van der Waals surface area (Å²) in [4.78, 5) is 3.64. The molecule has 1 atom stereocenters. The van der Waals surface area contributed by atoms with E-state index in [0.29, 0.717) is 5.56 Å². The van der Waals surface area contributed by atoms with Crippen LogP contribution in [-0.4, -0.2) is 11.3 Å². The van der Waals surface area contributed by atoms with Gasteiger partial charge in [-0.25, -0.2) is 4.39 Å². The fraction of sp³-hybridized carbons (Fsp3) is 0.250. The van der Waals surface area contributed by atoms with Gasteiger partial charge < -0.3 is 4.74 Å². The summed E-state index contributed by atoms with van der Waals surface area (Å²) >= 11 is 4.47. The molecule has 24 heavy (non-hydrogen) atoms. The van der Waals surface area contributed by atoms with E-state index >= 15 is 0 Å². The lowest BCUT2D eigenvalue weighted by Gasteiger charge is -2.13. The van der Waals surface area contributed by atoms with E-state index in [1.54, 1.807) is 6.07 Å². The van der Waals surface area contributed by atoms with Crippen LogP contribution in [0.25, 0.3) is 0 Å². The molecule has 2 aromatic carbocycles. The van der Waals surface area contributed by atoms with Crippen LogP contribution in [0.4, 0.5) is 10.1 Å². The molecule has 0 aliphatic carbocycles. The van der Waals surface area contributed by atoms with Gasteiger partial charge in [0.2, 0.25) is 0 Å². The summed E-state index contributed by atoms with van der Waals surface area (Å²) in [6.07, 6.45) is 2.31. The zero-order chi connectivity index (χ0) is 17.4. The van der Waals surface area contributed by atoms with Gasteiger partial charge in [-0.05, 0) is 68.0 Å². The smallest absolute Gasteiger partial charge is 0.150 e. The second-order valence-electron chi connectivity index (χ2n) is 5.36. The summed E-state index contributed by atoms with van der Waals surface area (Å²) in [6, 6.07) is 12.1. The van der Waals surface area contributed by atoms with E-state index in [1.165, 1.54) is 12.1 Å². The number of rotatable bonds is 5. The summed E-state index contributed by atoms with van der Waals surface area (Å²) in [7, 11) is 0. The van der Waals surface area contributed by atoms with Crippen LogP contribution < -0.4 is 4.74 Å². The minimum atomic E-state index is -0.465. The molecule has 0 saturated carbocycles. The fourth-order valence-electron chi connectivity index (χ4n) is 2.18. The Morgan fingerprint density at radius 3 is 2.42 bits per heavy atom. The van der Waals surface area contributed by atoms with Crippen LogP contribution in [0.15, 0.2) is 47.5 Å². The maximum Gasteiger partial charge on any atom is 0.150 e. The molecule has 0 aliphatic heterocycles. The Balaban J connectivity index is 2.08. The lowest BCUT2D eigenvalue weighted by Crippen LogP contribution is -2.10. The third-order valence-electron chi connectivity index (χ3n) is 3.35. The third-order valence-corrected chi connectivity index (χ3v) is 3.44. The van der Waals surface area contributed by atoms with Gasteiger partial charge in [0.1, 0.15) is 11.4 Å². The number of halogens is 1. The van der Waals surface area contributed by atoms with Crippen LogP contribution >= 0.6 is 12.2 Å². The number of hydrogen-bond donors (Lipinski definition) is 0. The van der Waals surface area contributed by atoms with Gasteiger partial charge in [0.25, 0.3) is 0 Å². The van der Waals surface area contributed by atoms with E-state index < -0.39 is 5.82 Å². The van der Waals surface area contributed by atoms with Crippen LogP contribution in [0.5, 0.6) is 5.75 Å². The van der Waals surface area contributed by atoms with Gasteiger partial charge in [0.15, 0.2) is 5.82 Å². The van der Waals surface area contributed by atoms with Gasteiger partial charge in [0.05, 0.1) is 11.3 Å². The van der Waals surface area contributed by atoms with E-state index in [-0.39, 0.29) is 11.8 Å². The Morgan fingerprint density at radius 2 is 1.79 bits per heavy atom. The van der Waals surface area contributed by atoms with Crippen LogP contribution in [0.2, 0.25) is 0 Å². The second kappa shape index (κ2) is 8.98. The molecule has 0 radical (unpaired) electrons. The average molecular weight is 339 g/mol. The first-order valence-corrected chi connectivity index (χ1v) is 8.19. The van der Waals surface area contributed by atoms with Crippen molar-refractivity contribution < 1.29 is 9.13 Å². The van der Waals surface area contributed by atoms with Gasteiger partial charge in [-0.3, -0.25) is 0 Å². The van der Waals surface area contributed by atoms with Crippen molar-refractivity contribution in [2.45, 2.75) is 32.8 Å². The van der Waals surface area contributed by atoms with Gasteiger partial charge in [-0.2, -0.15) is 4.99 Å². The molecule has 2 nitrogen and oxygen atoms in total. The zero-order valence-electron chi connectivity index (χ0n) is 13.7. The molecule has 2 aromatic rings. The molecule has 0 saturated heterocycles. The first-order valence-electron chi connectivity index (χ1n) is 7.78. The zero-order valence-corrected chi connectivity index (χ0v) is 14.5. The predicted molar refractivity (Wildman–Crippen MR) is 98.5 cm³/mol. The SMILES string of the molecule is CCCC(C)Oc1ccc(C#Cc2ccc(N=C=S)c(F)c2)cc1. The molecular weight excluding hydrogens is 321 g/mol. The number of aliphatic imine (C=N–C) groups is 1. The minimum absolute atomic E-state index is 0.165. The molecule has 0 amide bonds. The van der Waals surface area contributed by atoms with E-state index in [4.69, 9.17) is 4.74 Å². The summed E-state index contributed by atoms with van der Waals surface area (Å²) in [5.74, 6) is 6.30. The highest BCUT2D eigenvalue weighted by molar-refractivity contribution is 7.78. The van der Waals surface area contributed by atoms with Crippen molar-refractivity contribution in [1.29, 1.82) is 0 Å². The van der Waals surface area contributed by atoms with E-state index in [2.05, 4.69) is 48.1 Å². The highest BCUT2D eigenvalue weighted by Crippen LogP contribution is 2.18. The molecule has 0 N–H and O–H groups in total. The Morgan fingerprint density at radius 1 is 1.12 bits per heavy atom. The van der Waals surface area contributed by atoms with Gasteiger partial charge >= 0.3 is 0 Å². The van der Waals surface area contributed by atoms with E-state index in [1.807, 2.05) is 24.3 Å². The van der Waals surface area contributed by atoms with Gasteiger partial charge in [-0.1, -0.05) is 25.2 Å². The van der Waals surface area contributed by atoms with Crippen molar-refractivity contribution in [3.8, 4) is 17.6 Å². The molecule has 0 spiro atoms. The molecule has 0 aromatic heterocycles. The van der Waals surface area contributed by atoms with Crippen LogP contribution in [0, 0.1) is 17.7 Å². The van der Waals surface area contributed by atoms with Gasteiger partial charge in [0, 0.05) is 11.1 Å². The maximum absolute atomic E-state index is 13.7. The van der Waals surface area contributed by atoms with Gasteiger partial charge in [-0.15, -0.1) is 0 Å². The first kappa shape index (κ1) is 17.9. The summed E-state index contributed by atoms with van der Waals surface area (Å²) in [5.41, 5.74) is 1.58. The first-order chi connectivity index (χ1) is 11.6. The number of benzene rings is 2. The molecule has 0 fully saturated rings. The lowest BCUT2D eigenvalue weighted by molar-refractivity contribution is 0.210. The Labute approximate surface area is 147 Å².